The normalized spacial score (nSPS) is 11.0. The highest BCUT2D eigenvalue weighted by atomic mass is 16.5. The molecule has 0 atom stereocenters. The summed E-state index contributed by atoms with van der Waals surface area (Å²) in [7, 11) is 1.53. The summed E-state index contributed by atoms with van der Waals surface area (Å²) in [5.41, 5.74) is 3.99. The topological polar surface area (TPSA) is 78.1 Å². The van der Waals surface area contributed by atoms with Gasteiger partial charge in [0.15, 0.2) is 16.8 Å². The Labute approximate surface area is 239 Å². The van der Waals surface area contributed by atoms with Crippen molar-refractivity contribution in [3.63, 3.8) is 0 Å². The molecule has 41 heavy (non-hydrogen) atoms. The van der Waals surface area contributed by atoms with Crippen LogP contribution in [0.2, 0.25) is 0 Å². The van der Waals surface area contributed by atoms with Crippen molar-refractivity contribution in [2.24, 2.45) is 0 Å². The maximum absolute atomic E-state index is 13.6. The standard InChI is InChI=1S/C35H34O6/c1-38-34-32(40-24-27-14-7-3-8-15-27)22-31(39-23-26-12-5-2-6-13-26)33-29(37)21-30(41-35(33)34)28-18-16-25(17-19-28)11-9-4-10-20-36/h2-3,5-8,12-19,21-22,36H,4,9-11,20,23-24H2,1H3. The largest absolute Gasteiger partial charge is 0.490 e. The molecule has 0 fully saturated rings. The average Bonchev–Trinajstić information content (AvgIpc) is 3.02. The summed E-state index contributed by atoms with van der Waals surface area (Å²) in [5.74, 6) is 1.56. The quantitative estimate of drug-likeness (QED) is 0.155. The lowest BCUT2D eigenvalue weighted by Gasteiger charge is -2.17. The lowest BCUT2D eigenvalue weighted by atomic mass is 10.0. The van der Waals surface area contributed by atoms with E-state index in [2.05, 4.69) is 0 Å². The van der Waals surface area contributed by atoms with Gasteiger partial charge in [-0.1, -0.05) is 91.3 Å². The molecule has 5 aromatic rings. The molecule has 0 bridgehead atoms. The van der Waals surface area contributed by atoms with Crippen LogP contribution >= 0.6 is 0 Å². The van der Waals surface area contributed by atoms with E-state index in [0.717, 1.165) is 42.4 Å². The van der Waals surface area contributed by atoms with Crippen LogP contribution in [0.15, 0.2) is 106 Å². The number of methoxy groups -OCH3 is 1. The highest BCUT2D eigenvalue weighted by Gasteiger charge is 2.22. The molecule has 0 aliphatic carbocycles. The molecule has 5 rings (SSSR count). The Bertz CT molecular complexity index is 1610. The molecular formula is C35H34O6. The first kappa shape index (κ1) is 28.0. The number of ether oxygens (including phenoxy) is 3. The third-order valence-electron chi connectivity index (χ3n) is 6.93. The van der Waals surface area contributed by atoms with Crippen LogP contribution in [0.25, 0.3) is 22.3 Å². The van der Waals surface area contributed by atoms with Gasteiger partial charge in [0.25, 0.3) is 0 Å². The number of aryl methyl sites for hydroxylation is 1. The summed E-state index contributed by atoms with van der Waals surface area (Å²) >= 11 is 0. The molecule has 0 saturated carbocycles. The van der Waals surface area contributed by atoms with E-state index in [1.54, 1.807) is 6.07 Å². The second-order valence-electron chi connectivity index (χ2n) is 9.86. The molecule has 0 saturated heterocycles. The smallest absolute Gasteiger partial charge is 0.205 e. The van der Waals surface area contributed by atoms with Crippen LogP contribution < -0.4 is 19.6 Å². The highest BCUT2D eigenvalue weighted by Crippen LogP contribution is 2.42. The molecule has 0 radical (unpaired) electrons. The number of aliphatic hydroxyl groups excluding tert-OH is 1. The molecule has 6 heteroatoms. The molecule has 210 valence electrons. The second-order valence-corrected chi connectivity index (χ2v) is 9.86. The molecule has 0 amide bonds. The Morgan fingerprint density at radius 2 is 1.34 bits per heavy atom. The zero-order chi connectivity index (χ0) is 28.4. The molecule has 4 aromatic carbocycles. The van der Waals surface area contributed by atoms with Crippen LogP contribution in [0.4, 0.5) is 0 Å². The maximum Gasteiger partial charge on any atom is 0.205 e. The van der Waals surface area contributed by atoms with Gasteiger partial charge in [0.2, 0.25) is 5.75 Å². The van der Waals surface area contributed by atoms with Crippen LogP contribution in [0.5, 0.6) is 17.2 Å². The third kappa shape index (κ3) is 6.97. The van der Waals surface area contributed by atoms with Crippen molar-refractivity contribution in [3.05, 3.63) is 124 Å². The van der Waals surface area contributed by atoms with Gasteiger partial charge in [0, 0.05) is 24.3 Å². The SMILES string of the molecule is COc1c(OCc2ccccc2)cc(OCc2ccccc2)c2c(=O)cc(-c3ccc(CCCCCO)cc3)oc12. The molecule has 0 spiro atoms. The first-order valence-corrected chi connectivity index (χ1v) is 13.9. The van der Waals surface area contributed by atoms with Gasteiger partial charge in [0.05, 0.1) is 7.11 Å². The molecule has 6 nitrogen and oxygen atoms in total. The Morgan fingerprint density at radius 3 is 1.95 bits per heavy atom. The van der Waals surface area contributed by atoms with E-state index in [0.29, 0.717) is 35.0 Å². The van der Waals surface area contributed by atoms with E-state index in [4.69, 9.17) is 23.7 Å². The zero-order valence-corrected chi connectivity index (χ0v) is 23.2. The summed E-state index contributed by atoms with van der Waals surface area (Å²) < 4.78 is 24.5. The van der Waals surface area contributed by atoms with Gasteiger partial charge in [-0.15, -0.1) is 0 Å². The van der Waals surface area contributed by atoms with Crippen LogP contribution in [-0.4, -0.2) is 18.8 Å². The minimum atomic E-state index is -0.231. The van der Waals surface area contributed by atoms with Crippen molar-refractivity contribution in [2.75, 3.05) is 13.7 Å². The fourth-order valence-electron chi connectivity index (χ4n) is 4.74. The summed E-state index contributed by atoms with van der Waals surface area (Å²) in [4.78, 5) is 13.6. The third-order valence-corrected chi connectivity index (χ3v) is 6.93. The number of unbranched alkanes of at least 4 members (excludes halogenated alkanes) is 2. The number of hydrogen-bond donors (Lipinski definition) is 1. The van der Waals surface area contributed by atoms with Gasteiger partial charge in [-0.25, -0.2) is 0 Å². The van der Waals surface area contributed by atoms with Gasteiger partial charge < -0.3 is 23.7 Å². The Balaban J connectivity index is 1.52. The van der Waals surface area contributed by atoms with Gasteiger partial charge >= 0.3 is 0 Å². The number of rotatable bonds is 13. The Morgan fingerprint density at radius 1 is 0.707 bits per heavy atom. The Kier molecular flexibility index (Phi) is 9.34. The lowest BCUT2D eigenvalue weighted by Crippen LogP contribution is -2.07. The van der Waals surface area contributed by atoms with E-state index in [1.165, 1.54) is 18.7 Å². The van der Waals surface area contributed by atoms with Gasteiger partial charge in [-0.05, 0) is 36.0 Å². The van der Waals surface area contributed by atoms with Crippen molar-refractivity contribution in [2.45, 2.75) is 38.9 Å². The monoisotopic (exact) mass is 550 g/mol. The lowest BCUT2D eigenvalue weighted by molar-refractivity contribution is 0.276. The predicted molar refractivity (Wildman–Crippen MR) is 161 cm³/mol. The van der Waals surface area contributed by atoms with Crippen LogP contribution in [-0.2, 0) is 19.6 Å². The summed E-state index contributed by atoms with van der Waals surface area (Å²) in [6, 6.07) is 30.8. The number of aliphatic hydroxyl groups is 1. The molecule has 0 unspecified atom stereocenters. The first-order chi connectivity index (χ1) is 20.2. The molecule has 0 aliphatic rings. The molecule has 1 heterocycles. The number of benzene rings is 4. The minimum Gasteiger partial charge on any atom is -0.490 e. The number of hydrogen-bond acceptors (Lipinski definition) is 6. The summed E-state index contributed by atoms with van der Waals surface area (Å²) in [6.45, 7) is 0.813. The van der Waals surface area contributed by atoms with Crippen molar-refractivity contribution >= 4 is 11.0 Å². The summed E-state index contributed by atoms with van der Waals surface area (Å²) in [6.07, 6.45) is 3.75. The molecule has 1 aromatic heterocycles. The van der Waals surface area contributed by atoms with Crippen LogP contribution in [0, 0.1) is 0 Å². The minimum absolute atomic E-state index is 0.224. The van der Waals surface area contributed by atoms with E-state index in [1.807, 2.05) is 84.9 Å². The highest BCUT2D eigenvalue weighted by molar-refractivity contribution is 5.92. The van der Waals surface area contributed by atoms with Gasteiger partial charge in [-0.2, -0.15) is 0 Å². The predicted octanol–water partition coefficient (Wildman–Crippen LogP) is 7.33. The second kappa shape index (κ2) is 13.7. The summed E-state index contributed by atoms with van der Waals surface area (Å²) in [5, 5.41) is 9.30. The van der Waals surface area contributed by atoms with E-state index in [-0.39, 0.29) is 24.2 Å². The van der Waals surface area contributed by atoms with E-state index >= 15 is 0 Å². The van der Waals surface area contributed by atoms with Crippen molar-refractivity contribution in [1.29, 1.82) is 0 Å². The van der Waals surface area contributed by atoms with E-state index < -0.39 is 0 Å². The molecule has 1 N–H and O–H groups in total. The average molecular weight is 551 g/mol. The fraction of sp³-hybridized carbons (Fsp3) is 0.229. The molecule has 0 aliphatic heterocycles. The van der Waals surface area contributed by atoms with Crippen molar-refractivity contribution in [1.82, 2.24) is 0 Å². The van der Waals surface area contributed by atoms with Crippen molar-refractivity contribution in [3.8, 4) is 28.6 Å². The zero-order valence-electron chi connectivity index (χ0n) is 23.2. The van der Waals surface area contributed by atoms with Gasteiger partial charge in [0.1, 0.15) is 30.1 Å². The first-order valence-electron chi connectivity index (χ1n) is 13.9. The van der Waals surface area contributed by atoms with Crippen LogP contribution in [0.1, 0.15) is 36.0 Å². The van der Waals surface area contributed by atoms with Crippen molar-refractivity contribution < 1.29 is 23.7 Å². The Hall–Kier alpha value is -4.55. The maximum atomic E-state index is 13.6. The fourth-order valence-corrected chi connectivity index (χ4v) is 4.74. The van der Waals surface area contributed by atoms with E-state index in [9.17, 15) is 4.79 Å². The van der Waals surface area contributed by atoms with Gasteiger partial charge in [-0.3, -0.25) is 4.79 Å². The number of fused-ring (bicyclic) bond motifs is 1. The van der Waals surface area contributed by atoms with Crippen LogP contribution in [0.3, 0.4) is 0 Å². The molecular weight excluding hydrogens is 516 g/mol.